The number of hydrogen-bond acceptors (Lipinski definition) is 4. The molecule has 2 N–H and O–H groups in total. The Hall–Kier alpha value is -2.68. The summed E-state index contributed by atoms with van der Waals surface area (Å²) in [5, 5.41) is 11.7. The monoisotopic (exact) mass is 436 g/mol. The van der Waals surface area contributed by atoms with Crippen molar-refractivity contribution in [3.05, 3.63) is 52.4 Å². The summed E-state index contributed by atoms with van der Waals surface area (Å²) in [5.74, 6) is -0.172. The maximum Gasteiger partial charge on any atom is 0.407 e. The van der Waals surface area contributed by atoms with Crippen molar-refractivity contribution in [2.45, 2.75) is 13.0 Å². The van der Waals surface area contributed by atoms with E-state index in [1.54, 1.807) is 18.2 Å². The first-order chi connectivity index (χ1) is 12.8. The number of pyridine rings is 1. The van der Waals surface area contributed by atoms with E-state index < -0.39 is 11.9 Å². The van der Waals surface area contributed by atoms with Crippen molar-refractivity contribution < 1.29 is 19.1 Å². The molecule has 0 saturated carbocycles. The van der Waals surface area contributed by atoms with Crippen LogP contribution in [-0.2, 0) is 0 Å². The summed E-state index contributed by atoms with van der Waals surface area (Å²) in [6, 6.07) is 7.69. The second kappa shape index (κ2) is 7.91. The maximum absolute atomic E-state index is 13.5. The molecule has 2 amide bonds. The molecule has 9 heteroatoms. The normalized spacial score (nSPS) is 16.9. The van der Waals surface area contributed by atoms with Crippen LogP contribution in [0.4, 0.5) is 20.7 Å². The molecule has 0 aliphatic carbocycles. The van der Waals surface area contributed by atoms with Gasteiger partial charge in [0.1, 0.15) is 11.6 Å². The first-order valence-corrected chi connectivity index (χ1v) is 9.11. The Balaban J connectivity index is 1.67. The van der Waals surface area contributed by atoms with Crippen LogP contribution < -0.4 is 10.2 Å². The molecule has 0 unspecified atom stereocenters. The summed E-state index contributed by atoms with van der Waals surface area (Å²) in [5.41, 5.74) is 0.696. The van der Waals surface area contributed by atoms with E-state index in [-0.39, 0.29) is 11.9 Å². The summed E-state index contributed by atoms with van der Waals surface area (Å²) in [6.45, 7) is 3.26. The summed E-state index contributed by atoms with van der Waals surface area (Å²) in [4.78, 5) is 31.1. The van der Waals surface area contributed by atoms with Gasteiger partial charge in [-0.3, -0.25) is 4.79 Å². The number of nitrogens with one attached hydrogen (secondary N) is 1. The third kappa shape index (κ3) is 4.36. The number of hydrogen-bond donors (Lipinski definition) is 2. The van der Waals surface area contributed by atoms with Crippen LogP contribution in [0.25, 0.3) is 0 Å². The number of rotatable bonds is 3. The average molecular weight is 437 g/mol. The standard InChI is InChI=1S/C18H18BrFN4O3/c1-11-10-23(18(26)27)6-7-24(11)16-5-2-12(9-21-16)17(25)22-13-3-4-14(19)15(20)8-13/h2-5,8-9,11H,6-7,10H2,1H3,(H,22,25)(H,26,27)/t11-/m1/s1. The van der Waals surface area contributed by atoms with Crippen molar-refractivity contribution in [2.75, 3.05) is 29.9 Å². The number of aromatic nitrogens is 1. The predicted octanol–water partition coefficient (Wildman–Crippen LogP) is 3.42. The van der Waals surface area contributed by atoms with Crippen molar-refractivity contribution in [2.24, 2.45) is 0 Å². The SMILES string of the molecule is C[C@@H]1CN(C(=O)O)CCN1c1ccc(C(=O)Nc2ccc(Br)c(F)c2)cn1. The van der Waals surface area contributed by atoms with Crippen LogP contribution >= 0.6 is 15.9 Å². The van der Waals surface area contributed by atoms with Gasteiger partial charge >= 0.3 is 6.09 Å². The van der Waals surface area contributed by atoms with Gasteiger partial charge in [0.2, 0.25) is 0 Å². The molecule has 0 radical (unpaired) electrons. The fraction of sp³-hybridized carbons (Fsp3) is 0.278. The highest BCUT2D eigenvalue weighted by atomic mass is 79.9. The molecular weight excluding hydrogens is 419 g/mol. The van der Waals surface area contributed by atoms with Gasteiger partial charge < -0.3 is 20.2 Å². The van der Waals surface area contributed by atoms with Crippen molar-refractivity contribution in [1.29, 1.82) is 0 Å². The van der Waals surface area contributed by atoms with Gasteiger partial charge in [0.15, 0.2) is 0 Å². The highest BCUT2D eigenvalue weighted by Gasteiger charge is 2.27. The number of anilines is 2. The number of amides is 2. The Labute approximate surface area is 163 Å². The van der Waals surface area contributed by atoms with Gasteiger partial charge in [-0.1, -0.05) is 0 Å². The summed E-state index contributed by atoms with van der Waals surface area (Å²) < 4.78 is 13.9. The van der Waals surface area contributed by atoms with Crippen LogP contribution in [0.2, 0.25) is 0 Å². The van der Waals surface area contributed by atoms with Crippen LogP contribution in [0, 0.1) is 5.82 Å². The molecule has 1 fully saturated rings. The molecule has 1 aliphatic heterocycles. The first kappa shape index (κ1) is 19.1. The molecule has 0 spiro atoms. The van der Waals surface area contributed by atoms with E-state index >= 15 is 0 Å². The predicted molar refractivity (Wildman–Crippen MR) is 103 cm³/mol. The number of carboxylic acid groups (broad SMARTS) is 1. The molecule has 2 heterocycles. The van der Waals surface area contributed by atoms with Gasteiger partial charge in [0, 0.05) is 37.6 Å². The van der Waals surface area contributed by atoms with E-state index in [2.05, 4.69) is 26.2 Å². The lowest BCUT2D eigenvalue weighted by Gasteiger charge is -2.39. The van der Waals surface area contributed by atoms with E-state index in [9.17, 15) is 14.0 Å². The topological polar surface area (TPSA) is 85.8 Å². The second-order valence-corrected chi connectivity index (χ2v) is 7.11. The molecule has 27 heavy (non-hydrogen) atoms. The summed E-state index contributed by atoms with van der Waals surface area (Å²) in [7, 11) is 0. The molecule has 1 saturated heterocycles. The number of halogens is 2. The van der Waals surface area contributed by atoms with E-state index in [1.165, 1.54) is 23.2 Å². The zero-order valence-electron chi connectivity index (χ0n) is 14.5. The zero-order valence-corrected chi connectivity index (χ0v) is 16.1. The third-order valence-electron chi connectivity index (χ3n) is 4.38. The number of carbonyl (C=O) groups excluding carboxylic acids is 1. The first-order valence-electron chi connectivity index (χ1n) is 8.32. The number of benzene rings is 1. The molecule has 142 valence electrons. The molecule has 1 aliphatic rings. The van der Waals surface area contributed by atoms with Gasteiger partial charge in [-0.05, 0) is 53.2 Å². The van der Waals surface area contributed by atoms with Crippen molar-refractivity contribution >= 4 is 39.4 Å². The smallest absolute Gasteiger partial charge is 0.407 e. The van der Waals surface area contributed by atoms with Crippen molar-refractivity contribution in [1.82, 2.24) is 9.88 Å². The molecule has 7 nitrogen and oxygen atoms in total. The lowest BCUT2D eigenvalue weighted by atomic mass is 10.2. The van der Waals surface area contributed by atoms with Crippen LogP contribution in [0.3, 0.4) is 0 Å². The molecule has 0 bridgehead atoms. The molecule has 2 aromatic rings. The van der Waals surface area contributed by atoms with Crippen LogP contribution in [-0.4, -0.2) is 52.7 Å². The highest BCUT2D eigenvalue weighted by Crippen LogP contribution is 2.21. The largest absolute Gasteiger partial charge is 0.465 e. The molecule has 3 rings (SSSR count). The third-order valence-corrected chi connectivity index (χ3v) is 5.02. The van der Waals surface area contributed by atoms with Crippen LogP contribution in [0.5, 0.6) is 0 Å². The van der Waals surface area contributed by atoms with E-state index in [1.807, 2.05) is 11.8 Å². The highest BCUT2D eigenvalue weighted by molar-refractivity contribution is 9.10. The summed E-state index contributed by atoms with van der Waals surface area (Å²) in [6.07, 6.45) is 0.529. The Morgan fingerprint density at radius 1 is 1.30 bits per heavy atom. The minimum absolute atomic E-state index is 0.0206. The Bertz CT molecular complexity index is 862. The molecule has 1 aromatic heterocycles. The van der Waals surface area contributed by atoms with Gasteiger partial charge in [0.25, 0.3) is 5.91 Å². The average Bonchev–Trinajstić information content (AvgIpc) is 2.64. The summed E-state index contributed by atoms with van der Waals surface area (Å²) >= 11 is 3.06. The minimum Gasteiger partial charge on any atom is -0.465 e. The zero-order chi connectivity index (χ0) is 19.6. The fourth-order valence-corrected chi connectivity index (χ4v) is 3.19. The van der Waals surface area contributed by atoms with Crippen LogP contribution in [0.15, 0.2) is 41.0 Å². The Morgan fingerprint density at radius 2 is 2.07 bits per heavy atom. The molecule has 1 atom stereocenters. The van der Waals surface area contributed by atoms with Gasteiger partial charge in [-0.25, -0.2) is 14.2 Å². The number of nitrogens with zero attached hydrogens (tertiary/aromatic N) is 3. The quantitative estimate of drug-likeness (QED) is 0.769. The molecular formula is C18H18BrFN4O3. The lowest BCUT2D eigenvalue weighted by Crippen LogP contribution is -2.53. The van der Waals surface area contributed by atoms with E-state index in [4.69, 9.17) is 5.11 Å². The maximum atomic E-state index is 13.5. The minimum atomic E-state index is -0.925. The van der Waals surface area contributed by atoms with E-state index in [0.717, 1.165) is 0 Å². The van der Waals surface area contributed by atoms with Gasteiger partial charge in [-0.15, -0.1) is 0 Å². The van der Waals surface area contributed by atoms with Gasteiger partial charge in [-0.2, -0.15) is 0 Å². The van der Waals surface area contributed by atoms with Crippen LogP contribution in [0.1, 0.15) is 17.3 Å². The lowest BCUT2D eigenvalue weighted by molar-refractivity contribution is 0.102. The fourth-order valence-electron chi connectivity index (χ4n) is 2.94. The second-order valence-electron chi connectivity index (χ2n) is 6.26. The number of piperazine rings is 1. The van der Waals surface area contributed by atoms with Gasteiger partial charge in [0.05, 0.1) is 10.0 Å². The van der Waals surface area contributed by atoms with Crippen molar-refractivity contribution in [3.63, 3.8) is 0 Å². The molecule has 1 aromatic carbocycles. The van der Waals surface area contributed by atoms with E-state index in [0.29, 0.717) is 41.2 Å². The van der Waals surface area contributed by atoms with Crippen molar-refractivity contribution in [3.8, 4) is 0 Å². The Morgan fingerprint density at radius 3 is 2.67 bits per heavy atom. The Kier molecular flexibility index (Phi) is 5.59. The number of carbonyl (C=O) groups is 2.